The fourth-order valence-corrected chi connectivity index (χ4v) is 4.63. The minimum absolute atomic E-state index is 0.0189. The molecule has 2 aliphatic carbocycles. The molecule has 2 fully saturated rings. The third-order valence-electron chi connectivity index (χ3n) is 5.98. The number of rotatable bonds is 9. The summed E-state index contributed by atoms with van der Waals surface area (Å²) in [6.07, 6.45) is 11.8. The van der Waals surface area contributed by atoms with E-state index in [-0.39, 0.29) is 5.54 Å². The monoisotopic (exact) mass is 296 g/mol. The third-order valence-corrected chi connectivity index (χ3v) is 5.98. The van der Waals surface area contributed by atoms with Crippen molar-refractivity contribution < 1.29 is 5.11 Å². The number of hydrogen-bond acceptors (Lipinski definition) is 3. The Morgan fingerprint density at radius 2 is 1.90 bits per heavy atom. The Morgan fingerprint density at radius 3 is 2.52 bits per heavy atom. The first kappa shape index (κ1) is 17.2. The van der Waals surface area contributed by atoms with E-state index in [1.807, 2.05) is 0 Å². The lowest BCUT2D eigenvalue weighted by molar-refractivity contribution is 0.105. The lowest BCUT2D eigenvalue weighted by Gasteiger charge is -2.37. The van der Waals surface area contributed by atoms with Gasteiger partial charge in [0, 0.05) is 11.6 Å². The van der Waals surface area contributed by atoms with Gasteiger partial charge < -0.3 is 15.3 Å². The molecule has 0 amide bonds. The van der Waals surface area contributed by atoms with Crippen molar-refractivity contribution in [3.8, 4) is 0 Å². The van der Waals surface area contributed by atoms with Gasteiger partial charge in [-0.15, -0.1) is 0 Å². The zero-order valence-electron chi connectivity index (χ0n) is 14.2. The molecule has 2 atom stereocenters. The van der Waals surface area contributed by atoms with Crippen molar-refractivity contribution in [2.24, 2.45) is 5.92 Å². The Kier molecular flexibility index (Phi) is 6.97. The van der Waals surface area contributed by atoms with E-state index in [1.165, 1.54) is 58.0 Å². The van der Waals surface area contributed by atoms with Gasteiger partial charge in [-0.05, 0) is 64.1 Å². The second-order valence-electron chi connectivity index (χ2n) is 7.19. The van der Waals surface area contributed by atoms with E-state index >= 15 is 0 Å². The number of hydrogen-bond donors (Lipinski definition) is 2. The van der Waals surface area contributed by atoms with Gasteiger partial charge in [0.25, 0.3) is 0 Å². The van der Waals surface area contributed by atoms with Gasteiger partial charge in [-0.3, -0.25) is 0 Å². The smallest absolute Gasteiger partial charge is 0.0616 e. The van der Waals surface area contributed by atoms with Crippen LogP contribution in [0.2, 0.25) is 0 Å². The van der Waals surface area contributed by atoms with Gasteiger partial charge in [-0.2, -0.15) is 0 Å². The van der Waals surface area contributed by atoms with Crippen LogP contribution in [0, 0.1) is 5.92 Å². The number of nitrogens with zero attached hydrogens (tertiary/aromatic N) is 1. The minimum Gasteiger partial charge on any atom is -0.394 e. The lowest BCUT2D eigenvalue weighted by atomic mass is 9.85. The van der Waals surface area contributed by atoms with Crippen molar-refractivity contribution >= 4 is 0 Å². The first-order valence-corrected chi connectivity index (χ1v) is 9.35. The molecular weight excluding hydrogens is 260 g/mol. The highest BCUT2D eigenvalue weighted by Gasteiger charge is 2.41. The quantitative estimate of drug-likeness (QED) is 0.686. The van der Waals surface area contributed by atoms with Crippen LogP contribution in [0.5, 0.6) is 0 Å². The van der Waals surface area contributed by atoms with Gasteiger partial charge in [0.15, 0.2) is 0 Å². The van der Waals surface area contributed by atoms with E-state index in [1.54, 1.807) is 0 Å². The van der Waals surface area contributed by atoms with Gasteiger partial charge >= 0.3 is 0 Å². The first-order valence-electron chi connectivity index (χ1n) is 9.35. The molecule has 2 rings (SSSR count). The van der Waals surface area contributed by atoms with E-state index in [9.17, 15) is 5.11 Å². The van der Waals surface area contributed by atoms with Gasteiger partial charge in [-0.25, -0.2) is 0 Å². The molecule has 124 valence electrons. The average molecular weight is 296 g/mol. The molecule has 2 aliphatic rings. The molecular formula is C18H36N2O. The van der Waals surface area contributed by atoms with Crippen molar-refractivity contribution in [2.45, 2.75) is 83.2 Å². The van der Waals surface area contributed by atoms with E-state index in [4.69, 9.17) is 0 Å². The summed E-state index contributed by atoms with van der Waals surface area (Å²) in [6, 6.07) is 0.837. The van der Waals surface area contributed by atoms with Crippen LogP contribution in [0.15, 0.2) is 0 Å². The van der Waals surface area contributed by atoms with Crippen LogP contribution in [0.1, 0.15) is 71.6 Å². The van der Waals surface area contributed by atoms with Gasteiger partial charge in [0.1, 0.15) is 0 Å². The largest absolute Gasteiger partial charge is 0.394 e. The molecule has 2 N–H and O–H groups in total. The Morgan fingerprint density at radius 1 is 1.14 bits per heavy atom. The van der Waals surface area contributed by atoms with Crippen molar-refractivity contribution in [1.29, 1.82) is 0 Å². The standard InChI is InChI=1S/C18H36N2O/c1-3-13-19-18(15-21)12-7-8-16(18)11-14-20(4-2)17-9-5-6-10-17/h16-17,19,21H,3-15H2,1-2H3. The molecule has 0 aliphatic heterocycles. The summed E-state index contributed by atoms with van der Waals surface area (Å²) in [7, 11) is 0. The topological polar surface area (TPSA) is 35.5 Å². The molecule has 0 bridgehead atoms. The van der Waals surface area contributed by atoms with Crippen molar-refractivity contribution in [2.75, 3.05) is 26.2 Å². The highest BCUT2D eigenvalue weighted by molar-refractivity contribution is 4.99. The second kappa shape index (κ2) is 8.50. The first-order chi connectivity index (χ1) is 10.3. The van der Waals surface area contributed by atoms with Gasteiger partial charge in [0.2, 0.25) is 0 Å². The summed E-state index contributed by atoms with van der Waals surface area (Å²) in [5.41, 5.74) is 0.0189. The summed E-state index contributed by atoms with van der Waals surface area (Å²) >= 11 is 0. The van der Waals surface area contributed by atoms with E-state index < -0.39 is 0 Å². The molecule has 0 saturated heterocycles. The summed E-state index contributed by atoms with van der Waals surface area (Å²) in [5, 5.41) is 13.7. The SMILES string of the molecule is CCCNC1(CO)CCCC1CCN(CC)C1CCCC1. The van der Waals surface area contributed by atoms with Crippen LogP contribution in [0.3, 0.4) is 0 Å². The summed E-state index contributed by atoms with van der Waals surface area (Å²) < 4.78 is 0. The number of nitrogens with one attached hydrogen (secondary N) is 1. The third kappa shape index (κ3) is 4.20. The fraction of sp³-hybridized carbons (Fsp3) is 1.00. The molecule has 3 nitrogen and oxygen atoms in total. The summed E-state index contributed by atoms with van der Waals surface area (Å²) in [6.45, 7) is 8.28. The zero-order chi connectivity index (χ0) is 15.1. The maximum Gasteiger partial charge on any atom is 0.0616 e. The predicted molar refractivity (Wildman–Crippen MR) is 89.6 cm³/mol. The molecule has 2 unspecified atom stereocenters. The Balaban J connectivity index is 1.87. The van der Waals surface area contributed by atoms with Gasteiger partial charge in [-0.1, -0.05) is 33.1 Å². The molecule has 0 aromatic rings. The normalized spacial score (nSPS) is 30.6. The molecule has 0 heterocycles. The Labute approximate surface area is 131 Å². The second-order valence-corrected chi connectivity index (χ2v) is 7.19. The van der Waals surface area contributed by atoms with Crippen LogP contribution >= 0.6 is 0 Å². The average Bonchev–Trinajstić information content (AvgIpc) is 3.16. The van der Waals surface area contributed by atoms with E-state index in [0.717, 1.165) is 25.4 Å². The van der Waals surface area contributed by atoms with Gasteiger partial charge in [0.05, 0.1) is 6.61 Å². The van der Waals surface area contributed by atoms with Crippen LogP contribution in [-0.4, -0.2) is 47.8 Å². The minimum atomic E-state index is 0.0189. The highest BCUT2D eigenvalue weighted by Crippen LogP contribution is 2.38. The van der Waals surface area contributed by atoms with Crippen LogP contribution in [0.4, 0.5) is 0 Å². The van der Waals surface area contributed by atoms with Crippen molar-refractivity contribution in [3.63, 3.8) is 0 Å². The van der Waals surface area contributed by atoms with Crippen molar-refractivity contribution in [1.82, 2.24) is 10.2 Å². The zero-order valence-corrected chi connectivity index (χ0v) is 14.2. The molecule has 21 heavy (non-hydrogen) atoms. The maximum atomic E-state index is 9.97. The summed E-state index contributed by atoms with van der Waals surface area (Å²) in [4.78, 5) is 2.70. The number of aliphatic hydroxyl groups is 1. The van der Waals surface area contributed by atoms with Crippen LogP contribution < -0.4 is 5.32 Å². The molecule has 0 spiro atoms. The predicted octanol–water partition coefficient (Wildman–Crippen LogP) is 3.17. The van der Waals surface area contributed by atoms with E-state index in [0.29, 0.717) is 12.5 Å². The molecule has 3 heteroatoms. The number of aliphatic hydroxyl groups excluding tert-OH is 1. The Bertz CT molecular complexity index is 291. The Hall–Kier alpha value is -0.120. The van der Waals surface area contributed by atoms with Crippen LogP contribution in [-0.2, 0) is 0 Å². The molecule has 0 aromatic carbocycles. The molecule has 2 saturated carbocycles. The highest BCUT2D eigenvalue weighted by atomic mass is 16.3. The maximum absolute atomic E-state index is 9.97. The van der Waals surface area contributed by atoms with E-state index in [2.05, 4.69) is 24.1 Å². The van der Waals surface area contributed by atoms with Crippen LogP contribution in [0.25, 0.3) is 0 Å². The molecule has 0 aromatic heterocycles. The summed E-state index contributed by atoms with van der Waals surface area (Å²) in [5.74, 6) is 0.657. The molecule has 0 radical (unpaired) electrons. The lowest BCUT2D eigenvalue weighted by Crippen LogP contribution is -2.52. The fourth-order valence-electron chi connectivity index (χ4n) is 4.63. The van der Waals surface area contributed by atoms with Crippen molar-refractivity contribution in [3.05, 3.63) is 0 Å².